The zero-order valence-corrected chi connectivity index (χ0v) is 11.9. The molecule has 0 saturated heterocycles. The summed E-state index contributed by atoms with van der Waals surface area (Å²) in [5.41, 5.74) is 9.57. The van der Waals surface area contributed by atoms with Crippen LogP contribution in [0.3, 0.4) is 0 Å². The summed E-state index contributed by atoms with van der Waals surface area (Å²) in [4.78, 5) is 0. The normalized spacial score (nSPS) is 12.2. The Balaban J connectivity index is 1.66. The van der Waals surface area contributed by atoms with Crippen molar-refractivity contribution < 1.29 is 0 Å². The van der Waals surface area contributed by atoms with Crippen LogP contribution < -0.4 is 5.73 Å². The summed E-state index contributed by atoms with van der Waals surface area (Å²) in [6, 6.07) is 22.5. The van der Waals surface area contributed by atoms with Gasteiger partial charge in [0.15, 0.2) is 0 Å². The molecular weight excluding hydrogens is 258 g/mol. The number of hydrogen-bond donors (Lipinski definition) is 1. The van der Waals surface area contributed by atoms with Crippen molar-refractivity contribution >= 4 is 0 Å². The topological polar surface area (TPSA) is 43.8 Å². The van der Waals surface area contributed by atoms with Crippen LogP contribution in [0.25, 0.3) is 5.69 Å². The van der Waals surface area contributed by atoms with Gasteiger partial charge in [-0.15, -0.1) is 0 Å². The summed E-state index contributed by atoms with van der Waals surface area (Å²) in [6.07, 6.45) is 3.84. The van der Waals surface area contributed by atoms with Crippen molar-refractivity contribution in [2.75, 3.05) is 0 Å². The molecule has 1 heterocycles. The van der Waals surface area contributed by atoms with E-state index in [1.165, 1.54) is 5.56 Å². The van der Waals surface area contributed by atoms with Crippen molar-refractivity contribution in [2.24, 2.45) is 5.73 Å². The van der Waals surface area contributed by atoms with E-state index in [9.17, 15) is 0 Å². The molecule has 21 heavy (non-hydrogen) atoms. The van der Waals surface area contributed by atoms with E-state index >= 15 is 0 Å². The molecule has 2 aromatic carbocycles. The second-order valence-electron chi connectivity index (χ2n) is 5.15. The third-order valence-corrected chi connectivity index (χ3v) is 3.60. The molecule has 0 saturated carbocycles. The molecule has 0 aliphatic heterocycles. The summed E-state index contributed by atoms with van der Waals surface area (Å²) in [6.45, 7) is 0. The lowest BCUT2D eigenvalue weighted by atomic mass is 10.0. The van der Waals surface area contributed by atoms with Crippen molar-refractivity contribution in [3.8, 4) is 5.69 Å². The first-order valence-corrected chi connectivity index (χ1v) is 7.23. The Kier molecular flexibility index (Phi) is 4.12. The van der Waals surface area contributed by atoms with Gasteiger partial charge in [-0.2, -0.15) is 5.10 Å². The molecule has 0 amide bonds. The molecule has 2 N–H and O–H groups in total. The smallest absolute Gasteiger partial charge is 0.0796 e. The zero-order valence-electron chi connectivity index (χ0n) is 11.9. The molecule has 3 heteroatoms. The summed E-state index contributed by atoms with van der Waals surface area (Å²) in [5, 5.41) is 4.58. The summed E-state index contributed by atoms with van der Waals surface area (Å²) in [7, 11) is 0. The SMILES string of the molecule is NC(CCc1ccccc1)c1ccn(-c2ccccc2)n1. The summed E-state index contributed by atoms with van der Waals surface area (Å²) in [5.74, 6) is 0. The molecular formula is C18H19N3. The average molecular weight is 277 g/mol. The van der Waals surface area contributed by atoms with Crippen molar-refractivity contribution in [2.45, 2.75) is 18.9 Å². The third-order valence-electron chi connectivity index (χ3n) is 3.60. The van der Waals surface area contributed by atoms with Crippen molar-refractivity contribution in [1.82, 2.24) is 9.78 Å². The van der Waals surface area contributed by atoms with Crippen LogP contribution in [0, 0.1) is 0 Å². The predicted molar refractivity (Wildman–Crippen MR) is 85.3 cm³/mol. The van der Waals surface area contributed by atoms with E-state index in [1.807, 2.05) is 53.3 Å². The molecule has 1 atom stereocenters. The molecule has 0 radical (unpaired) electrons. The number of benzene rings is 2. The zero-order chi connectivity index (χ0) is 14.5. The first-order chi connectivity index (χ1) is 10.3. The number of nitrogens with zero attached hydrogens (tertiary/aromatic N) is 2. The molecule has 106 valence electrons. The number of aromatic nitrogens is 2. The second kappa shape index (κ2) is 6.37. The van der Waals surface area contributed by atoms with E-state index < -0.39 is 0 Å². The molecule has 1 unspecified atom stereocenters. The van der Waals surface area contributed by atoms with Crippen molar-refractivity contribution in [3.63, 3.8) is 0 Å². The summed E-state index contributed by atoms with van der Waals surface area (Å²) < 4.78 is 1.87. The van der Waals surface area contributed by atoms with E-state index in [1.54, 1.807) is 0 Å². The highest BCUT2D eigenvalue weighted by Crippen LogP contribution is 2.16. The van der Waals surface area contributed by atoms with E-state index in [0.29, 0.717) is 0 Å². The molecule has 3 nitrogen and oxygen atoms in total. The van der Waals surface area contributed by atoms with Crippen molar-refractivity contribution in [3.05, 3.63) is 84.2 Å². The maximum Gasteiger partial charge on any atom is 0.0796 e. The fraction of sp³-hybridized carbons (Fsp3) is 0.167. The minimum atomic E-state index is -0.0323. The van der Waals surface area contributed by atoms with Gasteiger partial charge in [0.2, 0.25) is 0 Å². The summed E-state index contributed by atoms with van der Waals surface area (Å²) >= 11 is 0. The standard InChI is InChI=1S/C18H19N3/c19-17(12-11-15-7-3-1-4-8-15)18-13-14-21(20-18)16-9-5-2-6-10-16/h1-10,13-14,17H,11-12,19H2. The Morgan fingerprint density at radius 1 is 0.905 bits per heavy atom. The molecule has 0 aliphatic rings. The van der Waals surface area contributed by atoms with Gasteiger partial charge >= 0.3 is 0 Å². The van der Waals surface area contributed by atoms with Gasteiger partial charge < -0.3 is 5.73 Å². The fourth-order valence-corrected chi connectivity index (χ4v) is 2.38. The Hall–Kier alpha value is -2.39. The fourth-order valence-electron chi connectivity index (χ4n) is 2.38. The molecule has 0 aliphatic carbocycles. The number of aryl methyl sites for hydroxylation is 1. The van der Waals surface area contributed by atoms with Crippen LogP contribution in [0.1, 0.15) is 23.7 Å². The van der Waals surface area contributed by atoms with Gasteiger partial charge in [-0.1, -0.05) is 48.5 Å². The van der Waals surface area contributed by atoms with Crippen LogP contribution in [-0.2, 0) is 6.42 Å². The van der Waals surface area contributed by atoms with Crippen LogP contribution in [-0.4, -0.2) is 9.78 Å². The lowest BCUT2D eigenvalue weighted by molar-refractivity contribution is 0.623. The van der Waals surface area contributed by atoms with Gasteiger partial charge in [-0.05, 0) is 36.6 Å². The minimum absolute atomic E-state index is 0.0323. The Morgan fingerprint density at radius 2 is 1.57 bits per heavy atom. The van der Waals surface area contributed by atoms with Gasteiger partial charge in [0.1, 0.15) is 0 Å². The lowest BCUT2D eigenvalue weighted by Crippen LogP contribution is -2.12. The van der Waals surface area contributed by atoms with Crippen LogP contribution in [0.4, 0.5) is 0 Å². The predicted octanol–water partition coefficient (Wildman–Crippen LogP) is 3.50. The van der Waals surface area contributed by atoms with Crippen molar-refractivity contribution in [1.29, 1.82) is 0 Å². The maximum atomic E-state index is 6.26. The molecule has 3 aromatic rings. The number of rotatable bonds is 5. The highest BCUT2D eigenvalue weighted by molar-refractivity contribution is 5.30. The number of hydrogen-bond acceptors (Lipinski definition) is 2. The van der Waals surface area contributed by atoms with E-state index in [-0.39, 0.29) is 6.04 Å². The Bertz CT molecular complexity index is 674. The molecule has 0 bridgehead atoms. The quantitative estimate of drug-likeness (QED) is 0.775. The number of nitrogens with two attached hydrogens (primary N) is 1. The monoisotopic (exact) mass is 277 g/mol. The molecule has 0 spiro atoms. The third kappa shape index (κ3) is 3.38. The van der Waals surface area contributed by atoms with Gasteiger partial charge in [0.25, 0.3) is 0 Å². The van der Waals surface area contributed by atoms with Crippen LogP contribution in [0.15, 0.2) is 72.9 Å². The van der Waals surface area contributed by atoms with Gasteiger partial charge in [-0.25, -0.2) is 4.68 Å². The van der Waals surface area contributed by atoms with E-state index in [2.05, 4.69) is 29.4 Å². The molecule has 3 rings (SSSR count). The van der Waals surface area contributed by atoms with E-state index in [4.69, 9.17) is 5.73 Å². The lowest BCUT2D eigenvalue weighted by Gasteiger charge is -2.09. The first kappa shape index (κ1) is 13.6. The maximum absolute atomic E-state index is 6.26. The van der Waals surface area contributed by atoms with Gasteiger partial charge in [0.05, 0.1) is 11.4 Å². The van der Waals surface area contributed by atoms with Crippen LogP contribution >= 0.6 is 0 Å². The second-order valence-corrected chi connectivity index (χ2v) is 5.15. The average Bonchev–Trinajstić information content (AvgIpc) is 3.04. The Labute approximate surface area is 125 Å². The van der Waals surface area contributed by atoms with Crippen LogP contribution in [0.5, 0.6) is 0 Å². The Morgan fingerprint density at radius 3 is 2.29 bits per heavy atom. The minimum Gasteiger partial charge on any atom is -0.323 e. The molecule has 1 aromatic heterocycles. The highest BCUT2D eigenvalue weighted by Gasteiger charge is 2.10. The first-order valence-electron chi connectivity index (χ1n) is 7.23. The van der Waals surface area contributed by atoms with Gasteiger partial charge in [0, 0.05) is 12.2 Å². The largest absolute Gasteiger partial charge is 0.323 e. The van der Waals surface area contributed by atoms with Gasteiger partial charge in [-0.3, -0.25) is 0 Å². The highest BCUT2D eigenvalue weighted by atomic mass is 15.3. The van der Waals surface area contributed by atoms with Crippen LogP contribution in [0.2, 0.25) is 0 Å². The van der Waals surface area contributed by atoms with E-state index in [0.717, 1.165) is 24.2 Å². The molecule has 0 fully saturated rings. The number of para-hydroxylation sites is 1.